The van der Waals surface area contributed by atoms with Crippen LogP contribution in [0.3, 0.4) is 0 Å². The van der Waals surface area contributed by atoms with E-state index in [1.807, 2.05) is 36.0 Å². The second-order valence-corrected chi connectivity index (χ2v) is 8.18. The lowest BCUT2D eigenvalue weighted by atomic mass is 9.86. The van der Waals surface area contributed by atoms with Crippen LogP contribution in [0.5, 0.6) is 11.5 Å². The van der Waals surface area contributed by atoms with Crippen LogP contribution in [0.1, 0.15) is 49.5 Å². The number of amides is 1. The minimum atomic E-state index is -0.352. The third-order valence-electron chi connectivity index (χ3n) is 6.46. The topological polar surface area (TPSA) is 65.4 Å². The standard InChI is InChI=1S/C22H29N3O3/c1-25-7-6-23-22(25)21(17-10-18(27-2)13-19(11-17)28-3)24-20(26)12-16-9-14-4-5-15(16)8-14/h6-7,10-11,13-16,21H,4-5,8-9,12H2,1-3H3,(H,24,26)/t14-,15-,16-,21-/m0/s1. The zero-order valence-electron chi connectivity index (χ0n) is 16.9. The Morgan fingerprint density at radius 2 is 1.96 bits per heavy atom. The Kier molecular flexibility index (Phi) is 5.29. The second kappa shape index (κ2) is 7.86. The maximum Gasteiger partial charge on any atom is 0.221 e. The quantitative estimate of drug-likeness (QED) is 0.795. The minimum absolute atomic E-state index is 0.0901. The maximum atomic E-state index is 13.0. The Hall–Kier alpha value is -2.50. The molecule has 0 spiro atoms. The van der Waals surface area contributed by atoms with E-state index in [9.17, 15) is 4.79 Å². The van der Waals surface area contributed by atoms with Crippen LogP contribution in [0.25, 0.3) is 0 Å². The summed E-state index contributed by atoms with van der Waals surface area (Å²) in [6.07, 6.45) is 9.40. The highest BCUT2D eigenvalue weighted by atomic mass is 16.5. The number of carbonyl (C=O) groups is 1. The number of hydrogen-bond acceptors (Lipinski definition) is 4. The molecule has 1 amide bonds. The molecule has 0 aliphatic heterocycles. The van der Waals surface area contributed by atoms with Gasteiger partial charge in [0.15, 0.2) is 0 Å². The summed E-state index contributed by atoms with van der Waals surface area (Å²) < 4.78 is 12.8. The summed E-state index contributed by atoms with van der Waals surface area (Å²) in [6, 6.07) is 5.34. The second-order valence-electron chi connectivity index (χ2n) is 8.18. The molecule has 1 N–H and O–H groups in total. The lowest BCUT2D eigenvalue weighted by molar-refractivity contribution is -0.123. The Labute approximate surface area is 166 Å². The highest BCUT2D eigenvalue weighted by Gasteiger charge is 2.40. The predicted octanol–water partition coefficient (Wildman–Crippen LogP) is 3.47. The number of ether oxygens (including phenoxy) is 2. The normalized spacial score (nSPS) is 24.2. The third-order valence-corrected chi connectivity index (χ3v) is 6.46. The first kappa shape index (κ1) is 18.8. The van der Waals surface area contributed by atoms with Crippen molar-refractivity contribution in [3.8, 4) is 11.5 Å². The SMILES string of the molecule is COc1cc(OC)cc([C@H](NC(=O)C[C@@H]2C[C@H]3CC[C@H]2C3)c2nccn2C)c1. The van der Waals surface area contributed by atoms with Gasteiger partial charge in [-0.2, -0.15) is 0 Å². The van der Waals surface area contributed by atoms with Gasteiger partial charge in [0.05, 0.1) is 14.2 Å². The molecule has 1 aromatic heterocycles. The fraction of sp³-hybridized carbons (Fsp3) is 0.545. The van der Waals surface area contributed by atoms with Crippen molar-refractivity contribution >= 4 is 5.91 Å². The van der Waals surface area contributed by atoms with Gasteiger partial charge in [-0.1, -0.05) is 6.42 Å². The first-order chi connectivity index (χ1) is 13.6. The van der Waals surface area contributed by atoms with Gasteiger partial charge in [-0.3, -0.25) is 4.79 Å². The molecule has 1 aromatic carbocycles. The van der Waals surface area contributed by atoms with Crippen LogP contribution in [0.15, 0.2) is 30.6 Å². The van der Waals surface area contributed by atoms with Crippen molar-refractivity contribution in [3.05, 3.63) is 42.0 Å². The summed E-state index contributed by atoms with van der Waals surface area (Å²) in [5.41, 5.74) is 0.895. The largest absolute Gasteiger partial charge is 0.497 e. The van der Waals surface area contributed by atoms with Crippen molar-refractivity contribution in [2.45, 2.75) is 38.1 Å². The summed E-state index contributed by atoms with van der Waals surface area (Å²) >= 11 is 0. The van der Waals surface area contributed by atoms with Crippen LogP contribution in [-0.4, -0.2) is 29.7 Å². The van der Waals surface area contributed by atoms with Crippen molar-refractivity contribution in [1.29, 1.82) is 0 Å². The van der Waals surface area contributed by atoms with Gasteiger partial charge < -0.3 is 19.4 Å². The molecule has 150 valence electrons. The molecule has 28 heavy (non-hydrogen) atoms. The molecule has 2 aromatic rings. The van der Waals surface area contributed by atoms with E-state index in [0.29, 0.717) is 23.8 Å². The maximum absolute atomic E-state index is 13.0. The molecule has 4 rings (SSSR count). The van der Waals surface area contributed by atoms with Gasteiger partial charge >= 0.3 is 0 Å². The summed E-state index contributed by atoms with van der Waals surface area (Å²) in [6.45, 7) is 0. The highest BCUT2D eigenvalue weighted by molar-refractivity contribution is 5.77. The van der Waals surface area contributed by atoms with Gasteiger partial charge in [0, 0.05) is 31.9 Å². The zero-order valence-corrected chi connectivity index (χ0v) is 16.9. The van der Waals surface area contributed by atoms with Gasteiger partial charge in [0.1, 0.15) is 23.4 Å². The van der Waals surface area contributed by atoms with Crippen LogP contribution in [0.2, 0.25) is 0 Å². The van der Waals surface area contributed by atoms with E-state index in [1.54, 1.807) is 20.4 Å². The van der Waals surface area contributed by atoms with E-state index >= 15 is 0 Å². The molecule has 6 heteroatoms. The van der Waals surface area contributed by atoms with Crippen molar-refractivity contribution in [2.75, 3.05) is 14.2 Å². The lowest BCUT2D eigenvalue weighted by Gasteiger charge is -2.24. The monoisotopic (exact) mass is 383 g/mol. The molecule has 2 bridgehead atoms. The number of aromatic nitrogens is 2. The summed E-state index contributed by atoms with van der Waals surface area (Å²) in [4.78, 5) is 17.5. The van der Waals surface area contributed by atoms with Gasteiger partial charge in [-0.25, -0.2) is 4.98 Å². The van der Waals surface area contributed by atoms with Crippen LogP contribution in [0.4, 0.5) is 0 Å². The van der Waals surface area contributed by atoms with E-state index in [1.165, 1.54) is 25.7 Å². The number of nitrogens with one attached hydrogen (secondary N) is 1. The van der Waals surface area contributed by atoms with E-state index in [2.05, 4.69) is 10.3 Å². The average Bonchev–Trinajstić information content (AvgIpc) is 3.43. The van der Waals surface area contributed by atoms with Crippen LogP contribution in [0, 0.1) is 17.8 Å². The van der Waals surface area contributed by atoms with Crippen molar-refractivity contribution in [1.82, 2.24) is 14.9 Å². The molecular formula is C22H29N3O3. The third kappa shape index (κ3) is 3.73. The fourth-order valence-corrected chi connectivity index (χ4v) is 5.03. The molecule has 0 saturated heterocycles. The summed E-state index contributed by atoms with van der Waals surface area (Å²) in [5, 5.41) is 3.23. The number of methoxy groups -OCH3 is 2. The zero-order chi connectivity index (χ0) is 19.7. The van der Waals surface area contributed by atoms with Crippen LogP contribution >= 0.6 is 0 Å². The lowest BCUT2D eigenvalue weighted by Crippen LogP contribution is -2.33. The number of imidazole rings is 1. The molecule has 4 atom stereocenters. The van der Waals surface area contributed by atoms with E-state index in [0.717, 1.165) is 23.2 Å². The number of benzene rings is 1. The first-order valence-electron chi connectivity index (χ1n) is 10.1. The summed E-state index contributed by atoms with van der Waals surface area (Å²) in [7, 11) is 5.19. The van der Waals surface area contributed by atoms with E-state index < -0.39 is 0 Å². The number of aryl methyl sites for hydroxylation is 1. The molecule has 2 fully saturated rings. The molecule has 6 nitrogen and oxygen atoms in total. The van der Waals surface area contributed by atoms with Gasteiger partial charge in [0.2, 0.25) is 5.91 Å². The number of hydrogen-bond donors (Lipinski definition) is 1. The molecule has 0 unspecified atom stereocenters. The van der Waals surface area contributed by atoms with Crippen LogP contribution < -0.4 is 14.8 Å². The number of carbonyl (C=O) groups excluding carboxylic acids is 1. The first-order valence-corrected chi connectivity index (χ1v) is 10.1. The Morgan fingerprint density at radius 3 is 2.50 bits per heavy atom. The number of nitrogens with zero attached hydrogens (tertiary/aromatic N) is 2. The summed E-state index contributed by atoms with van der Waals surface area (Å²) in [5.74, 6) is 4.37. The van der Waals surface area contributed by atoms with Gasteiger partial charge in [-0.15, -0.1) is 0 Å². The predicted molar refractivity (Wildman–Crippen MR) is 106 cm³/mol. The van der Waals surface area contributed by atoms with Crippen molar-refractivity contribution in [3.63, 3.8) is 0 Å². The van der Waals surface area contributed by atoms with Gasteiger partial charge in [-0.05, 0) is 54.7 Å². The minimum Gasteiger partial charge on any atom is -0.497 e. The highest BCUT2D eigenvalue weighted by Crippen LogP contribution is 2.49. The Bertz CT molecular complexity index is 825. The molecule has 2 aliphatic carbocycles. The van der Waals surface area contributed by atoms with Crippen LogP contribution in [-0.2, 0) is 11.8 Å². The fourth-order valence-electron chi connectivity index (χ4n) is 5.03. The Balaban J connectivity index is 1.58. The molecular weight excluding hydrogens is 354 g/mol. The molecule has 2 aliphatic rings. The number of fused-ring (bicyclic) bond motifs is 2. The smallest absolute Gasteiger partial charge is 0.221 e. The number of rotatable bonds is 7. The van der Waals surface area contributed by atoms with Crippen molar-refractivity contribution in [2.24, 2.45) is 24.8 Å². The van der Waals surface area contributed by atoms with E-state index in [-0.39, 0.29) is 11.9 Å². The average molecular weight is 383 g/mol. The molecule has 2 saturated carbocycles. The van der Waals surface area contributed by atoms with Crippen molar-refractivity contribution < 1.29 is 14.3 Å². The Morgan fingerprint density at radius 1 is 1.21 bits per heavy atom. The molecule has 1 heterocycles. The molecule has 0 radical (unpaired) electrons. The van der Waals surface area contributed by atoms with Gasteiger partial charge in [0.25, 0.3) is 0 Å². The van der Waals surface area contributed by atoms with E-state index in [4.69, 9.17) is 9.47 Å².